The van der Waals surface area contributed by atoms with Gasteiger partial charge in [-0.15, -0.1) is 0 Å². The van der Waals surface area contributed by atoms with Crippen LogP contribution in [0, 0.1) is 0 Å². The Bertz CT molecular complexity index is 516. The van der Waals surface area contributed by atoms with E-state index in [0.29, 0.717) is 23.1 Å². The van der Waals surface area contributed by atoms with E-state index in [9.17, 15) is 4.79 Å². The summed E-state index contributed by atoms with van der Waals surface area (Å²) in [5.74, 6) is 0.415. The molecule has 0 aliphatic carbocycles. The van der Waals surface area contributed by atoms with Gasteiger partial charge in [-0.3, -0.25) is 9.78 Å². The van der Waals surface area contributed by atoms with Crippen LogP contribution < -0.4 is 5.32 Å². The highest BCUT2D eigenvalue weighted by molar-refractivity contribution is 6.29. The molecule has 0 aliphatic heterocycles. The SMILES string of the molecule is O=[C]c1ccc(Cl)nc1NCc1ccccn1. The van der Waals surface area contributed by atoms with Crippen molar-refractivity contribution in [3.63, 3.8) is 0 Å². The van der Waals surface area contributed by atoms with Crippen molar-refractivity contribution >= 4 is 23.7 Å². The Morgan fingerprint density at radius 1 is 1.29 bits per heavy atom. The summed E-state index contributed by atoms with van der Waals surface area (Å²) in [4.78, 5) is 18.9. The second-order valence-electron chi connectivity index (χ2n) is 3.31. The van der Waals surface area contributed by atoms with Crippen molar-refractivity contribution in [1.82, 2.24) is 9.97 Å². The van der Waals surface area contributed by atoms with E-state index in [1.165, 1.54) is 0 Å². The minimum Gasteiger partial charge on any atom is -0.364 e. The zero-order valence-electron chi connectivity index (χ0n) is 8.85. The number of aromatic nitrogens is 2. The molecule has 4 nitrogen and oxygen atoms in total. The van der Waals surface area contributed by atoms with Gasteiger partial charge in [-0.1, -0.05) is 17.7 Å². The fourth-order valence-corrected chi connectivity index (χ4v) is 1.48. The summed E-state index contributed by atoms with van der Waals surface area (Å²) in [6.07, 6.45) is 3.51. The van der Waals surface area contributed by atoms with Gasteiger partial charge >= 0.3 is 0 Å². The van der Waals surface area contributed by atoms with Gasteiger partial charge in [-0.05, 0) is 24.3 Å². The van der Waals surface area contributed by atoms with E-state index in [4.69, 9.17) is 11.6 Å². The number of nitrogens with one attached hydrogen (secondary N) is 1. The molecule has 17 heavy (non-hydrogen) atoms. The second kappa shape index (κ2) is 5.41. The normalized spacial score (nSPS) is 9.94. The van der Waals surface area contributed by atoms with Crippen LogP contribution in [0.5, 0.6) is 0 Å². The average Bonchev–Trinajstić information content (AvgIpc) is 2.38. The summed E-state index contributed by atoms with van der Waals surface area (Å²) in [5, 5.41) is 3.33. The van der Waals surface area contributed by atoms with E-state index < -0.39 is 0 Å². The molecule has 1 N–H and O–H groups in total. The molecule has 0 aromatic carbocycles. The monoisotopic (exact) mass is 246 g/mol. The molecule has 0 spiro atoms. The minimum absolute atomic E-state index is 0.326. The van der Waals surface area contributed by atoms with Gasteiger partial charge in [0, 0.05) is 6.20 Å². The Balaban J connectivity index is 2.13. The molecule has 5 heteroatoms. The van der Waals surface area contributed by atoms with Crippen LogP contribution in [0.25, 0.3) is 0 Å². The molecular weight excluding hydrogens is 238 g/mol. The highest BCUT2D eigenvalue weighted by Gasteiger charge is 2.05. The van der Waals surface area contributed by atoms with Crippen molar-refractivity contribution in [3.05, 3.63) is 52.9 Å². The maximum atomic E-state index is 10.7. The third kappa shape index (κ3) is 3.01. The molecule has 0 saturated heterocycles. The lowest BCUT2D eigenvalue weighted by Crippen LogP contribution is -2.05. The molecule has 0 atom stereocenters. The average molecular weight is 247 g/mol. The fraction of sp³-hybridized carbons (Fsp3) is 0.0833. The van der Waals surface area contributed by atoms with E-state index in [0.717, 1.165) is 5.69 Å². The summed E-state index contributed by atoms with van der Waals surface area (Å²) in [7, 11) is 0. The predicted octanol–water partition coefficient (Wildman–Crippen LogP) is 2.20. The van der Waals surface area contributed by atoms with E-state index in [-0.39, 0.29) is 0 Å². The standard InChI is InChI=1S/C12H9ClN3O/c13-11-5-4-9(8-17)12(16-11)15-7-10-3-1-2-6-14-10/h1-6H,7H2,(H,15,16). The molecule has 2 aromatic heterocycles. The van der Waals surface area contributed by atoms with Gasteiger partial charge in [-0.2, -0.15) is 0 Å². The molecule has 0 bridgehead atoms. The lowest BCUT2D eigenvalue weighted by Gasteiger charge is -2.07. The Labute approximate surface area is 104 Å². The molecule has 1 radical (unpaired) electrons. The number of anilines is 1. The third-order valence-corrected chi connectivity index (χ3v) is 2.34. The number of hydrogen-bond donors (Lipinski definition) is 1. The maximum Gasteiger partial charge on any atom is 0.237 e. The van der Waals surface area contributed by atoms with Crippen LogP contribution in [0.1, 0.15) is 11.3 Å². The van der Waals surface area contributed by atoms with Gasteiger partial charge in [-0.25, -0.2) is 4.98 Å². The van der Waals surface area contributed by atoms with Gasteiger partial charge in [0.1, 0.15) is 11.0 Å². The summed E-state index contributed by atoms with van der Waals surface area (Å²) < 4.78 is 0. The zero-order chi connectivity index (χ0) is 12.1. The number of pyridine rings is 2. The second-order valence-corrected chi connectivity index (χ2v) is 3.69. The van der Waals surface area contributed by atoms with Gasteiger partial charge in [0.2, 0.25) is 6.29 Å². The number of halogens is 1. The predicted molar refractivity (Wildman–Crippen MR) is 65.6 cm³/mol. The van der Waals surface area contributed by atoms with Crippen LogP contribution in [-0.2, 0) is 11.3 Å². The summed E-state index contributed by atoms with van der Waals surface area (Å²) in [5.41, 5.74) is 1.21. The minimum atomic E-state index is 0.326. The smallest absolute Gasteiger partial charge is 0.237 e. The molecule has 2 aromatic rings. The first-order valence-corrected chi connectivity index (χ1v) is 5.36. The molecule has 2 rings (SSSR count). The molecular formula is C12H9ClN3O. The maximum absolute atomic E-state index is 10.7. The Kier molecular flexibility index (Phi) is 3.67. The van der Waals surface area contributed by atoms with Crippen LogP contribution >= 0.6 is 11.6 Å². The summed E-state index contributed by atoms with van der Waals surface area (Å²) in [6.45, 7) is 0.475. The number of nitrogens with zero attached hydrogens (tertiary/aromatic N) is 2. The zero-order valence-corrected chi connectivity index (χ0v) is 9.61. The van der Waals surface area contributed by atoms with E-state index in [1.807, 2.05) is 18.2 Å². The molecule has 0 fully saturated rings. The first kappa shape index (κ1) is 11.5. The molecule has 0 unspecified atom stereocenters. The first-order valence-electron chi connectivity index (χ1n) is 4.98. The van der Waals surface area contributed by atoms with Gasteiger partial charge in [0.15, 0.2) is 0 Å². The fourth-order valence-electron chi connectivity index (χ4n) is 1.33. The third-order valence-electron chi connectivity index (χ3n) is 2.13. The highest BCUT2D eigenvalue weighted by atomic mass is 35.5. The van der Waals surface area contributed by atoms with Crippen molar-refractivity contribution in [1.29, 1.82) is 0 Å². The van der Waals surface area contributed by atoms with Crippen LogP contribution in [0.15, 0.2) is 36.5 Å². The van der Waals surface area contributed by atoms with Crippen LogP contribution in [0.4, 0.5) is 5.82 Å². The lowest BCUT2D eigenvalue weighted by molar-refractivity contribution is 0.562. The molecule has 0 aliphatic rings. The van der Waals surface area contributed by atoms with E-state index in [2.05, 4.69) is 15.3 Å². The topological polar surface area (TPSA) is 54.9 Å². The van der Waals surface area contributed by atoms with Crippen LogP contribution in [0.3, 0.4) is 0 Å². The van der Waals surface area contributed by atoms with Crippen molar-refractivity contribution in [2.24, 2.45) is 0 Å². The number of carbonyl (C=O) groups excluding carboxylic acids is 1. The Morgan fingerprint density at radius 2 is 2.18 bits per heavy atom. The first-order chi connectivity index (χ1) is 8.29. The number of rotatable bonds is 4. The van der Waals surface area contributed by atoms with Crippen molar-refractivity contribution in [3.8, 4) is 0 Å². The Morgan fingerprint density at radius 3 is 2.88 bits per heavy atom. The molecule has 85 valence electrons. The highest BCUT2D eigenvalue weighted by Crippen LogP contribution is 2.15. The van der Waals surface area contributed by atoms with E-state index in [1.54, 1.807) is 24.6 Å². The van der Waals surface area contributed by atoms with Crippen LogP contribution in [0.2, 0.25) is 5.15 Å². The molecule has 2 heterocycles. The lowest BCUT2D eigenvalue weighted by atomic mass is 10.2. The van der Waals surface area contributed by atoms with Crippen LogP contribution in [-0.4, -0.2) is 16.3 Å². The quantitative estimate of drug-likeness (QED) is 0.841. The molecule has 0 amide bonds. The van der Waals surface area contributed by atoms with Gasteiger partial charge in [0.25, 0.3) is 0 Å². The summed E-state index contributed by atoms with van der Waals surface area (Å²) in [6, 6.07) is 8.73. The van der Waals surface area contributed by atoms with Gasteiger partial charge in [0.05, 0.1) is 17.8 Å². The number of hydrogen-bond acceptors (Lipinski definition) is 4. The van der Waals surface area contributed by atoms with Crippen molar-refractivity contribution < 1.29 is 4.79 Å². The Hall–Kier alpha value is -1.94. The summed E-state index contributed by atoms with van der Waals surface area (Å²) >= 11 is 5.76. The van der Waals surface area contributed by atoms with Crippen molar-refractivity contribution in [2.75, 3.05) is 5.32 Å². The molecule has 0 saturated carbocycles. The van der Waals surface area contributed by atoms with E-state index >= 15 is 0 Å². The van der Waals surface area contributed by atoms with Gasteiger partial charge < -0.3 is 5.32 Å². The van der Waals surface area contributed by atoms with Crippen molar-refractivity contribution in [2.45, 2.75) is 6.54 Å². The largest absolute Gasteiger partial charge is 0.364 e.